The molecule has 4 heteroatoms. The molecule has 0 rings (SSSR count). The summed E-state index contributed by atoms with van der Waals surface area (Å²) < 4.78 is 9.88. The Kier molecular flexibility index (Phi) is 19.9. The second kappa shape index (κ2) is 8.93. The van der Waals surface area contributed by atoms with Gasteiger partial charge in [0.2, 0.25) is 0 Å². The Morgan fingerprint density at radius 2 is 1.75 bits per heavy atom. The van der Waals surface area contributed by atoms with Crippen molar-refractivity contribution < 1.29 is 38.5 Å². The van der Waals surface area contributed by atoms with E-state index in [1.165, 1.54) is 0 Å². The predicted octanol–water partition coefficient (Wildman–Crippen LogP) is -4.68. The molecule has 20 valence electrons. The number of halogens is 1. The van der Waals surface area contributed by atoms with Crippen LogP contribution >= 0.6 is 0 Å². The van der Waals surface area contributed by atoms with E-state index in [0.29, 0.717) is 0 Å². The van der Waals surface area contributed by atoms with E-state index in [4.69, 9.17) is 4.80 Å². The predicted molar refractivity (Wildman–Crippen MR) is 9.65 cm³/mol. The Bertz CT molecular complexity index is 8.00. The topological polar surface area (TPSA) is 23.1 Å². The van der Waals surface area contributed by atoms with Gasteiger partial charge in [0.05, 0.1) is 0 Å². The first-order valence-electron chi connectivity index (χ1n) is 0.556. The smallest absolute Gasteiger partial charge is 0.839 e. The second-order valence-corrected chi connectivity index (χ2v) is 0.327. The SMILES string of the molecule is [Na+].[O-][SiH2]F. The zero-order chi connectivity index (χ0) is 2.71. The third-order valence-electron chi connectivity index (χ3n) is 0. The number of hydrogen-bond donors (Lipinski definition) is 0. The zero-order valence-electron chi connectivity index (χ0n) is 2.49. The molecule has 0 aromatic heterocycles. The summed E-state index contributed by atoms with van der Waals surface area (Å²) in [5.74, 6) is 0. The fraction of sp³-hybridized carbons (Fsp3) is 0. The summed E-state index contributed by atoms with van der Waals surface area (Å²) in [4.78, 5) is 8.40. The van der Waals surface area contributed by atoms with Crippen LogP contribution in [0.4, 0.5) is 4.11 Å². The fourth-order valence-corrected chi connectivity index (χ4v) is 0. The largest absolute Gasteiger partial charge is 1.00 e. The molecular weight excluding hydrogens is 86.1 g/mol. The number of rotatable bonds is 0. The van der Waals surface area contributed by atoms with Gasteiger partial charge in [-0.25, -0.2) is 0 Å². The minimum atomic E-state index is -2.33. The minimum Gasteiger partial charge on any atom is -0.839 e. The minimum absolute atomic E-state index is 0. The van der Waals surface area contributed by atoms with Crippen molar-refractivity contribution in [3.8, 4) is 0 Å². The van der Waals surface area contributed by atoms with Gasteiger partial charge in [-0.1, -0.05) is 0 Å². The zero-order valence-corrected chi connectivity index (χ0v) is 5.91. The van der Waals surface area contributed by atoms with Gasteiger partial charge in [-0.05, 0) is 0 Å². The molecule has 0 aromatic carbocycles. The standard InChI is InChI=1S/FH2OSi.Na/c1-3-2;/h3H2;/q-1;+1. The van der Waals surface area contributed by atoms with Crippen molar-refractivity contribution in [3.63, 3.8) is 0 Å². The molecule has 0 fully saturated rings. The molecule has 0 spiro atoms. The van der Waals surface area contributed by atoms with E-state index < -0.39 is 10.1 Å². The summed E-state index contributed by atoms with van der Waals surface area (Å²) in [6.07, 6.45) is 0. The summed E-state index contributed by atoms with van der Waals surface area (Å²) in [5.41, 5.74) is 0. The van der Waals surface area contributed by atoms with Crippen molar-refractivity contribution in [3.05, 3.63) is 0 Å². The molecule has 0 amide bonds. The molecule has 0 saturated carbocycles. The third kappa shape index (κ3) is 11.3. The summed E-state index contributed by atoms with van der Waals surface area (Å²) >= 11 is 0. The Balaban J connectivity index is 0. The molecule has 0 unspecified atom stereocenters. The van der Waals surface area contributed by atoms with Crippen LogP contribution in [0.1, 0.15) is 0 Å². The van der Waals surface area contributed by atoms with Crippen LogP contribution in [-0.4, -0.2) is 10.1 Å². The average molecular weight is 88.1 g/mol. The van der Waals surface area contributed by atoms with Crippen LogP contribution in [0.25, 0.3) is 0 Å². The fourth-order valence-electron chi connectivity index (χ4n) is 0. The van der Waals surface area contributed by atoms with Gasteiger partial charge < -0.3 is 8.90 Å². The van der Waals surface area contributed by atoms with Gasteiger partial charge in [0.1, 0.15) is 10.1 Å². The van der Waals surface area contributed by atoms with Crippen molar-refractivity contribution in [1.29, 1.82) is 0 Å². The molecule has 0 aromatic rings. The van der Waals surface area contributed by atoms with Crippen LogP contribution in [0.3, 0.4) is 0 Å². The first kappa shape index (κ1) is 8.92. The van der Waals surface area contributed by atoms with Crippen LogP contribution in [0.5, 0.6) is 0 Å². The average Bonchev–Trinajstić information content (AvgIpc) is 0.918. The molecule has 0 aliphatic heterocycles. The summed E-state index contributed by atoms with van der Waals surface area (Å²) in [6.45, 7) is 0. The van der Waals surface area contributed by atoms with Gasteiger partial charge in [-0.15, -0.1) is 0 Å². The van der Waals surface area contributed by atoms with E-state index in [9.17, 15) is 4.11 Å². The Morgan fingerprint density at radius 3 is 1.75 bits per heavy atom. The maximum atomic E-state index is 9.88. The van der Waals surface area contributed by atoms with Crippen molar-refractivity contribution in [2.75, 3.05) is 0 Å². The molecule has 0 aliphatic rings. The Labute approximate surface area is 48.6 Å². The molecule has 4 heavy (non-hydrogen) atoms. The van der Waals surface area contributed by atoms with Crippen LogP contribution in [-0.2, 0) is 0 Å². The molecule has 0 atom stereocenters. The van der Waals surface area contributed by atoms with Crippen molar-refractivity contribution in [2.24, 2.45) is 0 Å². The quantitative estimate of drug-likeness (QED) is 0.215. The van der Waals surface area contributed by atoms with Crippen molar-refractivity contribution in [2.45, 2.75) is 0 Å². The number of hydrogen-bond acceptors (Lipinski definition) is 1. The molecule has 0 N–H and O–H groups in total. The first-order valence-corrected chi connectivity index (χ1v) is 1.67. The van der Waals surface area contributed by atoms with Gasteiger partial charge in [0.15, 0.2) is 0 Å². The van der Waals surface area contributed by atoms with Crippen LogP contribution in [0.2, 0.25) is 0 Å². The van der Waals surface area contributed by atoms with Gasteiger partial charge in [0, 0.05) is 0 Å². The Morgan fingerprint density at radius 1 is 1.75 bits per heavy atom. The normalized spacial score (nSPS) is 7.50. The van der Waals surface area contributed by atoms with Gasteiger partial charge in [0.25, 0.3) is 0 Å². The third-order valence-corrected chi connectivity index (χ3v) is 0. The van der Waals surface area contributed by atoms with Crippen LogP contribution in [0.15, 0.2) is 0 Å². The Hall–Kier alpha value is 1.11. The van der Waals surface area contributed by atoms with Crippen molar-refractivity contribution >= 4 is 10.1 Å². The van der Waals surface area contributed by atoms with Gasteiger partial charge >= 0.3 is 29.6 Å². The second-order valence-electron chi connectivity index (χ2n) is 0.109. The van der Waals surface area contributed by atoms with E-state index in [0.717, 1.165) is 0 Å². The van der Waals surface area contributed by atoms with E-state index in [1.807, 2.05) is 0 Å². The van der Waals surface area contributed by atoms with Crippen LogP contribution < -0.4 is 34.4 Å². The summed E-state index contributed by atoms with van der Waals surface area (Å²) in [5, 5.41) is 0. The van der Waals surface area contributed by atoms with Crippen molar-refractivity contribution in [1.82, 2.24) is 0 Å². The van der Waals surface area contributed by atoms with E-state index in [2.05, 4.69) is 0 Å². The molecule has 0 radical (unpaired) electrons. The van der Waals surface area contributed by atoms with E-state index in [1.54, 1.807) is 0 Å². The van der Waals surface area contributed by atoms with Gasteiger partial charge in [-0.2, -0.15) is 0 Å². The molecule has 1 nitrogen and oxygen atoms in total. The molecular formula is H2FNaOSi. The van der Waals surface area contributed by atoms with E-state index >= 15 is 0 Å². The van der Waals surface area contributed by atoms with Crippen LogP contribution in [0, 0.1) is 0 Å². The molecule has 0 saturated heterocycles. The van der Waals surface area contributed by atoms with Gasteiger partial charge in [-0.3, -0.25) is 0 Å². The monoisotopic (exact) mass is 88.0 g/mol. The molecule has 0 aliphatic carbocycles. The first-order chi connectivity index (χ1) is 1.41. The maximum absolute atomic E-state index is 9.88. The molecule has 0 heterocycles. The molecule has 0 bridgehead atoms. The summed E-state index contributed by atoms with van der Waals surface area (Å²) in [6, 6.07) is 0. The van der Waals surface area contributed by atoms with E-state index in [-0.39, 0.29) is 29.6 Å². The summed E-state index contributed by atoms with van der Waals surface area (Å²) in [7, 11) is -2.33. The maximum Gasteiger partial charge on any atom is 1.00 e.